The summed E-state index contributed by atoms with van der Waals surface area (Å²) >= 11 is 0. The van der Waals surface area contributed by atoms with Crippen molar-refractivity contribution in [2.24, 2.45) is 0 Å². The number of nitrogens with one attached hydrogen (secondary N) is 1. The summed E-state index contributed by atoms with van der Waals surface area (Å²) in [6.45, 7) is 4.68. The summed E-state index contributed by atoms with van der Waals surface area (Å²) in [7, 11) is 1.53. The molecule has 0 bridgehead atoms. The van der Waals surface area contributed by atoms with E-state index in [4.69, 9.17) is 9.05 Å². The van der Waals surface area contributed by atoms with Crippen LogP contribution in [0.3, 0.4) is 0 Å². The molecule has 0 rings (SSSR count). The fourth-order valence-corrected chi connectivity index (χ4v) is 9.89. The molecule has 0 saturated carbocycles. The molecule has 456 valence electrons. The molecule has 79 heavy (non-hydrogen) atoms. The number of hydrogen-bond donors (Lipinski definition) is 3. The molecule has 0 aliphatic carbocycles. The lowest BCUT2D eigenvalue weighted by Gasteiger charge is -2.25. The van der Waals surface area contributed by atoms with E-state index in [0.29, 0.717) is 17.4 Å². The molecule has 8 nitrogen and oxygen atoms in total. The maximum Gasteiger partial charge on any atom is 0.472 e. The van der Waals surface area contributed by atoms with Crippen LogP contribution in [0.5, 0.6) is 0 Å². The Morgan fingerprint density at radius 2 is 0.772 bits per heavy atom. The van der Waals surface area contributed by atoms with Crippen LogP contribution in [0.4, 0.5) is 0 Å². The average Bonchev–Trinajstić information content (AvgIpc) is 3.42. The van der Waals surface area contributed by atoms with E-state index >= 15 is 0 Å². The first kappa shape index (κ1) is 76.2. The molecular weight excluding hydrogens is 996 g/mol. The van der Waals surface area contributed by atoms with Crippen molar-refractivity contribution in [3.05, 3.63) is 109 Å². The number of hydrogen-bond acceptors (Lipinski definition) is 5. The molecule has 0 aromatic rings. The van der Waals surface area contributed by atoms with Gasteiger partial charge in [-0.05, 0) is 89.9 Å². The smallest absolute Gasteiger partial charge is 0.387 e. The van der Waals surface area contributed by atoms with Gasteiger partial charge in [0.1, 0.15) is 13.2 Å². The van der Waals surface area contributed by atoms with E-state index in [1.165, 1.54) is 154 Å². The zero-order valence-corrected chi connectivity index (χ0v) is 53.0. The van der Waals surface area contributed by atoms with Crippen LogP contribution in [-0.2, 0) is 18.4 Å². The average molecular weight is 1120 g/mol. The second-order valence-electron chi connectivity index (χ2n) is 23.1. The quantitative estimate of drug-likeness (QED) is 0.0243. The van der Waals surface area contributed by atoms with Crippen molar-refractivity contribution >= 4 is 13.7 Å². The summed E-state index contributed by atoms with van der Waals surface area (Å²) in [5.41, 5.74) is 0. The largest absolute Gasteiger partial charge is 0.472 e. The van der Waals surface area contributed by atoms with Crippen molar-refractivity contribution in [2.45, 2.75) is 289 Å². The number of rotatable bonds is 59. The Balaban J connectivity index is 4.24. The molecule has 0 radical (unpaired) electrons. The van der Waals surface area contributed by atoms with Crippen molar-refractivity contribution < 1.29 is 32.9 Å². The maximum absolute atomic E-state index is 13.0. The predicted molar refractivity (Wildman–Crippen MR) is 345 cm³/mol. The number of carbonyl (C=O) groups is 1. The number of nitrogens with zero attached hydrogens (tertiary/aromatic N) is 1. The van der Waals surface area contributed by atoms with Crippen LogP contribution in [-0.4, -0.2) is 73.4 Å². The lowest BCUT2D eigenvalue weighted by atomic mass is 10.0. The van der Waals surface area contributed by atoms with Crippen molar-refractivity contribution in [1.82, 2.24) is 5.32 Å². The standard InChI is InChI=1S/C70H125N2O6P/c1-6-8-10-12-14-16-18-20-22-24-26-28-30-32-34-35-36-38-39-41-43-45-47-49-51-53-55-57-59-61-63-69(73)68(67-78-79(75,76)77-66-65-72(3,4)5)71-70(74)64-62-60-58-56-54-52-50-48-46-44-42-40-37-33-31-29-27-25-23-21-19-17-15-13-11-9-7-2/h9,11,15,17,21,23,27,29,33,37,42,44,48,50,53,55,61,63,68-69,73H,6-8,10,12-14,16,18-20,22,24-26,28,30-32,34-36,38-41,43,45-47,49,51-52,54,56-60,62,64-67H2,1-5H3,(H-,71,74,75,76)/p+1/b11-9-,17-15-,23-21-,29-27-,37-33-,44-42-,50-48-,55-53+,63-61+. The molecule has 0 aliphatic heterocycles. The highest BCUT2D eigenvalue weighted by Gasteiger charge is 2.27. The monoisotopic (exact) mass is 1120 g/mol. The number of aliphatic hydroxyl groups is 1. The van der Waals surface area contributed by atoms with E-state index in [2.05, 4.69) is 116 Å². The van der Waals surface area contributed by atoms with Crippen molar-refractivity contribution in [2.75, 3.05) is 40.9 Å². The van der Waals surface area contributed by atoms with Gasteiger partial charge in [0.05, 0.1) is 39.9 Å². The van der Waals surface area contributed by atoms with E-state index in [0.717, 1.165) is 103 Å². The molecule has 0 spiro atoms. The summed E-state index contributed by atoms with van der Waals surface area (Å²) in [5.74, 6) is -0.208. The lowest BCUT2D eigenvalue weighted by molar-refractivity contribution is -0.870. The number of phosphoric acid groups is 1. The number of amides is 1. The van der Waals surface area contributed by atoms with Gasteiger partial charge >= 0.3 is 7.82 Å². The third kappa shape index (κ3) is 62.6. The Labute approximate surface area is 489 Å². The number of quaternary nitrogens is 1. The van der Waals surface area contributed by atoms with Crippen molar-refractivity contribution in [3.8, 4) is 0 Å². The molecule has 1 amide bonds. The van der Waals surface area contributed by atoms with E-state index in [1.807, 2.05) is 27.2 Å². The van der Waals surface area contributed by atoms with Crippen LogP contribution in [0.25, 0.3) is 0 Å². The number of unbranched alkanes of at least 4 members (excludes halogenated alkanes) is 30. The Hall–Kier alpha value is -2.84. The highest BCUT2D eigenvalue weighted by atomic mass is 31.2. The molecule has 0 aliphatic rings. The summed E-state index contributed by atoms with van der Waals surface area (Å²) in [6.07, 6.45) is 88.0. The van der Waals surface area contributed by atoms with E-state index in [1.54, 1.807) is 6.08 Å². The van der Waals surface area contributed by atoms with Gasteiger partial charge in [0.15, 0.2) is 0 Å². The Bertz CT molecular complexity index is 1650. The van der Waals surface area contributed by atoms with Gasteiger partial charge < -0.3 is 19.8 Å². The minimum Gasteiger partial charge on any atom is -0.387 e. The van der Waals surface area contributed by atoms with Gasteiger partial charge in [0.25, 0.3) is 0 Å². The van der Waals surface area contributed by atoms with E-state index in [-0.39, 0.29) is 19.1 Å². The summed E-state index contributed by atoms with van der Waals surface area (Å²) in [5, 5.41) is 14.0. The second-order valence-corrected chi connectivity index (χ2v) is 24.6. The van der Waals surface area contributed by atoms with E-state index < -0.39 is 20.0 Å². The molecule has 3 unspecified atom stereocenters. The highest BCUT2D eigenvalue weighted by Crippen LogP contribution is 2.43. The van der Waals surface area contributed by atoms with Crippen molar-refractivity contribution in [1.29, 1.82) is 0 Å². The summed E-state index contributed by atoms with van der Waals surface area (Å²) < 4.78 is 23.7. The van der Waals surface area contributed by atoms with Gasteiger partial charge in [-0.1, -0.05) is 290 Å². The lowest BCUT2D eigenvalue weighted by Crippen LogP contribution is -2.45. The SMILES string of the molecule is CC/C=C\C/C=C\C/C=C\C/C=C\C/C=C\C/C=C\C/C=C\CCCCCCCC(=O)NC(COP(=O)(O)OCC[N+](C)(C)C)C(O)/C=C/CC/C=C/CCCCCCCCCCCCCCCCCCCCCCCCCC. The first-order valence-corrected chi connectivity index (χ1v) is 34.3. The molecule has 9 heteroatoms. The fourth-order valence-electron chi connectivity index (χ4n) is 9.16. The first-order valence-electron chi connectivity index (χ1n) is 32.8. The Morgan fingerprint density at radius 1 is 0.443 bits per heavy atom. The van der Waals surface area contributed by atoms with Gasteiger partial charge in [0, 0.05) is 6.42 Å². The van der Waals surface area contributed by atoms with Crippen LogP contribution in [0, 0.1) is 0 Å². The van der Waals surface area contributed by atoms with Gasteiger partial charge in [-0.15, -0.1) is 0 Å². The molecule has 0 fully saturated rings. The number of aliphatic hydroxyl groups excluding tert-OH is 1. The zero-order valence-electron chi connectivity index (χ0n) is 52.1. The van der Waals surface area contributed by atoms with Crippen molar-refractivity contribution in [3.63, 3.8) is 0 Å². The maximum atomic E-state index is 13.0. The van der Waals surface area contributed by atoms with Crippen LogP contribution >= 0.6 is 7.82 Å². The topological polar surface area (TPSA) is 105 Å². The zero-order chi connectivity index (χ0) is 57.7. The first-order chi connectivity index (χ1) is 38.5. The molecule has 0 heterocycles. The molecule has 0 saturated heterocycles. The molecule has 0 aromatic carbocycles. The summed E-state index contributed by atoms with van der Waals surface area (Å²) in [6, 6.07) is -0.884. The Morgan fingerprint density at radius 3 is 1.16 bits per heavy atom. The van der Waals surface area contributed by atoms with Gasteiger partial charge in [-0.25, -0.2) is 4.57 Å². The molecule has 3 N–H and O–H groups in total. The third-order valence-corrected chi connectivity index (χ3v) is 15.2. The number of carbonyl (C=O) groups excluding carboxylic acids is 1. The number of likely N-dealkylation sites (N-methyl/N-ethyl adjacent to an activating group) is 1. The molecule has 0 aromatic heterocycles. The van der Waals surface area contributed by atoms with E-state index in [9.17, 15) is 19.4 Å². The normalized spacial score (nSPS) is 14.5. The number of allylic oxidation sites excluding steroid dienone is 17. The molecular formula is C70H126N2O6P+. The van der Waals surface area contributed by atoms with Gasteiger partial charge in [-0.3, -0.25) is 13.8 Å². The summed E-state index contributed by atoms with van der Waals surface area (Å²) in [4.78, 5) is 23.4. The van der Waals surface area contributed by atoms with Crippen LogP contribution in [0.1, 0.15) is 277 Å². The highest BCUT2D eigenvalue weighted by molar-refractivity contribution is 7.47. The molecule has 3 atom stereocenters. The Kier molecular flexibility index (Phi) is 57.6. The second kappa shape index (κ2) is 59.8. The fraction of sp³-hybridized carbons (Fsp3) is 0.729. The minimum atomic E-state index is -4.37. The van der Waals surface area contributed by atoms with Gasteiger partial charge in [0.2, 0.25) is 5.91 Å². The minimum absolute atomic E-state index is 0.0462. The van der Waals surface area contributed by atoms with Crippen LogP contribution in [0.15, 0.2) is 109 Å². The van der Waals surface area contributed by atoms with Crippen LogP contribution in [0.2, 0.25) is 0 Å². The number of phosphoric ester groups is 1. The van der Waals surface area contributed by atoms with Crippen LogP contribution < -0.4 is 5.32 Å². The third-order valence-electron chi connectivity index (χ3n) is 14.2. The predicted octanol–water partition coefficient (Wildman–Crippen LogP) is 20.7. The van der Waals surface area contributed by atoms with Gasteiger partial charge in [-0.2, -0.15) is 0 Å².